The summed E-state index contributed by atoms with van der Waals surface area (Å²) in [6.07, 6.45) is 47.8. The van der Waals surface area contributed by atoms with E-state index in [0.29, 0.717) is 13.0 Å². The maximum absolute atomic E-state index is 12.9. The predicted octanol–water partition coefficient (Wildman–Crippen LogP) is 13.3. The molecule has 0 spiro atoms. The van der Waals surface area contributed by atoms with Gasteiger partial charge in [-0.25, -0.2) is 0 Å². The van der Waals surface area contributed by atoms with Crippen LogP contribution in [0.25, 0.3) is 0 Å². The van der Waals surface area contributed by atoms with Crippen molar-refractivity contribution in [2.24, 2.45) is 0 Å². The van der Waals surface area contributed by atoms with Crippen molar-refractivity contribution in [2.45, 2.75) is 288 Å². The van der Waals surface area contributed by atoms with Gasteiger partial charge in [0, 0.05) is 13.0 Å². The van der Waals surface area contributed by atoms with Crippen LogP contribution in [0.2, 0.25) is 0 Å². The SMILES string of the molecule is CCCCCCC/C=C\C/C=C\CCCCCCCCCCCCCC(=O)OC(COCCCCCCCCCCCCCCCCCCC)COC1OC(CO)C(O)C(O)C1O. The number of aliphatic hydroxyl groups is 4. The highest BCUT2D eigenvalue weighted by Gasteiger charge is 2.44. The second kappa shape index (κ2) is 45.8. The number of carbonyl (C=O) groups excluding carboxylic acids is 1. The second-order valence-corrected chi connectivity index (χ2v) is 18.7. The van der Waals surface area contributed by atoms with Crippen molar-refractivity contribution in [2.75, 3.05) is 26.4 Å². The predicted molar refractivity (Wildman–Crippen MR) is 261 cm³/mol. The molecular weight excluding hydrogens is 793 g/mol. The normalized spacial score (nSPS) is 19.7. The molecule has 0 aromatic heterocycles. The van der Waals surface area contributed by atoms with Gasteiger partial charge in [0.15, 0.2) is 6.29 Å². The molecule has 9 heteroatoms. The van der Waals surface area contributed by atoms with E-state index in [9.17, 15) is 25.2 Å². The summed E-state index contributed by atoms with van der Waals surface area (Å²) in [5, 5.41) is 40.3. The minimum atomic E-state index is -1.53. The van der Waals surface area contributed by atoms with Gasteiger partial charge < -0.3 is 39.4 Å². The van der Waals surface area contributed by atoms with Gasteiger partial charge in [-0.1, -0.05) is 224 Å². The molecule has 9 nitrogen and oxygen atoms in total. The monoisotopic (exact) mass is 895 g/mol. The first kappa shape index (κ1) is 59.7. The van der Waals surface area contributed by atoms with E-state index in [1.54, 1.807) is 0 Å². The number of allylic oxidation sites excluding steroid dienone is 4. The van der Waals surface area contributed by atoms with Crippen LogP contribution in [0.5, 0.6) is 0 Å². The van der Waals surface area contributed by atoms with Crippen molar-refractivity contribution < 1.29 is 44.2 Å². The Balaban J connectivity index is 2.17. The molecule has 0 aromatic rings. The Labute approximate surface area is 387 Å². The summed E-state index contributed by atoms with van der Waals surface area (Å²) >= 11 is 0. The molecule has 1 aliphatic heterocycles. The lowest BCUT2D eigenvalue weighted by Crippen LogP contribution is -2.59. The van der Waals surface area contributed by atoms with Gasteiger partial charge in [0.05, 0.1) is 19.8 Å². The van der Waals surface area contributed by atoms with E-state index in [1.165, 1.54) is 193 Å². The number of hydrogen-bond donors (Lipinski definition) is 4. The summed E-state index contributed by atoms with van der Waals surface area (Å²) in [7, 11) is 0. The van der Waals surface area contributed by atoms with E-state index >= 15 is 0 Å². The Hall–Kier alpha value is -1.33. The summed E-state index contributed by atoms with van der Waals surface area (Å²) < 4.78 is 22.9. The fourth-order valence-corrected chi connectivity index (χ4v) is 8.41. The molecule has 0 radical (unpaired) electrons. The molecular formula is C54H102O9. The van der Waals surface area contributed by atoms with E-state index < -0.39 is 43.4 Å². The molecule has 1 rings (SSSR count). The third-order valence-electron chi connectivity index (χ3n) is 12.6. The number of ether oxygens (including phenoxy) is 4. The first-order valence-electron chi connectivity index (χ1n) is 26.9. The van der Waals surface area contributed by atoms with Crippen LogP contribution in [0, 0.1) is 0 Å². The molecule has 1 saturated heterocycles. The topological polar surface area (TPSA) is 135 Å². The van der Waals surface area contributed by atoms with E-state index in [-0.39, 0.29) is 19.2 Å². The number of carbonyl (C=O) groups is 1. The molecule has 4 N–H and O–H groups in total. The minimum Gasteiger partial charge on any atom is -0.457 e. The van der Waals surface area contributed by atoms with Gasteiger partial charge in [0.2, 0.25) is 0 Å². The number of esters is 1. The standard InChI is InChI=1S/C54H102O9/c1-3-5-7-9-11-13-15-17-19-21-22-23-24-25-26-27-29-31-33-35-37-39-41-43-50(56)62-48(47-61-54-53(59)52(58)51(57)49(45-55)63-54)46-60-44-42-40-38-36-34-32-30-28-20-18-16-14-12-10-8-6-4-2/h15,17,21-22,48-49,51-55,57-59H,3-14,16,18-20,23-47H2,1-2H3/b17-15-,22-21-. The number of hydrogen-bond acceptors (Lipinski definition) is 9. The van der Waals surface area contributed by atoms with Gasteiger partial charge >= 0.3 is 5.97 Å². The summed E-state index contributed by atoms with van der Waals surface area (Å²) in [6.45, 7) is 4.60. The molecule has 0 bridgehead atoms. The summed E-state index contributed by atoms with van der Waals surface area (Å²) in [4.78, 5) is 12.9. The van der Waals surface area contributed by atoms with Crippen molar-refractivity contribution in [3.63, 3.8) is 0 Å². The lowest BCUT2D eigenvalue weighted by atomic mass is 9.99. The van der Waals surface area contributed by atoms with E-state index in [2.05, 4.69) is 38.2 Å². The highest BCUT2D eigenvalue weighted by atomic mass is 16.7. The Morgan fingerprint density at radius 2 is 0.921 bits per heavy atom. The first-order chi connectivity index (χ1) is 30.9. The highest BCUT2D eigenvalue weighted by molar-refractivity contribution is 5.69. The average molecular weight is 895 g/mol. The molecule has 372 valence electrons. The summed E-state index contributed by atoms with van der Waals surface area (Å²) in [5.74, 6) is -0.311. The van der Waals surface area contributed by atoms with Crippen LogP contribution in [0.15, 0.2) is 24.3 Å². The Kier molecular flexibility index (Phi) is 43.4. The average Bonchev–Trinajstić information content (AvgIpc) is 3.28. The van der Waals surface area contributed by atoms with Gasteiger partial charge in [-0.2, -0.15) is 0 Å². The van der Waals surface area contributed by atoms with Gasteiger partial charge in [-0.05, 0) is 44.9 Å². The maximum atomic E-state index is 12.9. The molecule has 0 aromatic carbocycles. The lowest BCUT2D eigenvalue weighted by molar-refractivity contribution is -0.305. The van der Waals surface area contributed by atoms with E-state index in [4.69, 9.17) is 18.9 Å². The molecule has 6 atom stereocenters. The first-order valence-corrected chi connectivity index (χ1v) is 26.9. The van der Waals surface area contributed by atoms with Crippen LogP contribution in [0.1, 0.15) is 251 Å². The highest BCUT2D eigenvalue weighted by Crippen LogP contribution is 2.23. The third kappa shape index (κ3) is 36.5. The Morgan fingerprint density at radius 3 is 1.37 bits per heavy atom. The Morgan fingerprint density at radius 1 is 0.508 bits per heavy atom. The van der Waals surface area contributed by atoms with Crippen molar-refractivity contribution >= 4 is 5.97 Å². The fraction of sp³-hybridized carbons (Fsp3) is 0.907. The van der Waals surface area contributed by atoms with Gasteiger partial charge in [-0.3, -0.25) is 4.79 Å². The Bertz CT molecular complexity index is 1020. The third-order valence-corrected chi connectivity index (χ3v) is 12.6. The molecule has 6 unspecified atom stereocenters. The lowest BCUT2D eigenvalue weighted by Gasteiger charge is -2.39. The number of rotatable bonds is 47. The zero-order chi connectivity index (χ0) is 45.7. The van der Waals surface area contributed by atoms with Crippen molar-refractivity contribution in [1.82, 2.24) is 0 Å². The summed E-state index contributed by atoms with van der Waals surface area (Å²) in [6, 6.07) is 0. The molecule has 63 heavy (non-hydrogen) atoms. The van der Waals surface area contributed by atoms with Crippen molar-refractivity contribution in [1.29, 1.82) is 0 Å². The van der Waals surface area contributed by atoms with Crippen LogP contribution in [-0.4, -0.2) is 89.6 Å². The van der Waals surface area contributed by atoms with Crippen LogP contribution < -0.4 is 0 Å². The quantitative estimate of drug-likeness (QED) is 0.0267. The minimum absolute atomic E-state index is 0.109. The van der Waals surface area contributed by atoms with E-state index in [0.717, 1.165) is 38.5 Å². The molecule has 1 aliphatic rings. The van der Waals surface area contributed by atoms with Gasteiger partial charge in [0.25, 0.3) is 0 Å². The van der Waals surface area contributed by atoms with Crippen molar-refractivity contribution in [3.8, 4) is 0 Å². The number of aliphatic hydroxyl groups excluding tert-OH is 4. The smallest absolute Gasteiger partial charge is 0.306 e. The zero-order valence-electron chi connectivity index (χ0n) is 41.1. The zero-order valence-corrected chi connectivity index (χ0v) is 41.1. The second-order valence-electron chi connectivity index (χ2n) is 18.7. The molecule has 0 amide bonds. The van der Waals surface area contributed by atoms with Crippen LogP contribution in [0.3, 0.4) is 0 Å². The molecule has 1 fully saturated rings. The summed E-state index contributed by atoms with van der Waals surface area (Å²) in [5.41, 5.74) is 0. The van der Waals surface area contributed by atoms with Gasteiger partial charge in [0.1, 0.15) is 30.5 Å². The van der Waals surface area contributed by atoms with Gasteiger partial charge in [-0.15, -0.1) is 0 Å². The fourth-order valence-electron chi connectivity index (χ4n) is 8.41. The number of unbranched alkanes of at least 4 members (excludes halogenated alkanes) is 32. The largest absolute Gasteiger partial charge is 0.457 e. The van der Waals surface area contributed by atoms with E-state index in [1.807, 2.05) is 0 Å². The maximum Gasteiger partial charge on any atom is 0.306 e. The van der Waals surface area contributed by atoms with Crippen LogP contribution in [-0.2, 0) is 23.7 Å². The molecule has 1 heterocycles. The van der Waals surface area contributed by atoms with Crippen LogP contribution >= 0.6 is 0 Å². The van der Waals surface area contributed by atoms with Crippen molar-refractivity contribution in [3.05, 3.63) is 24.3 Å². The molecule has 0 aliphatic carbocycles. The van der Waals surface area contributed by atoms with Crippen LogP contribution in [0.4, 0.5) is 0 Å². The molecule has 0 saturated carbocycles.